The average Bonchev–Trinajstić information content (AvgIpc) is 2.18. The molecule has 0 amide bonds. The van der Waals surface area contributed by atoms with Crippen LogP contribution in [0.15, 0.2) is 0 Å². The standard InChI is InChI=1S/C10H22N2OS/c1-3-11-8-10(2)9-12-4-6-14(13)7-5-12/h10-11H,3-9H2,1-2H3. The van der Waals surface area contributed by atoms with Gasteiger partial charge in [-0.05, 0) is 19.0 Å². The highest BCUT2D eigenvalue weighted by atomic mass is 32.2. The van der Waals surface area contributed by atoms with Gasteiger partial charge < -0.3 is 10.2 Å². The summed E-state index contributed by atoms with van der Waals surface area (Å²) in [5.74, 6) is 2.43. The Morgan fingerprint density at radius 3 is 2.64 bits per heavy atom. The molecule has 1 aliphatic rings. The van der Waals surface area contributed by atoms with Gasteiger partial charge in [0, 0.05) is 41.9 Å². The van der Waals surface area contributed by atoms with E-state index >= 15 is 0 Å². The summed E-state index contributed by atoms with van der Waals surface area (Å²) < 4.78 is 11.1. The minimum absolute atomic E-state index is 0.538. The summed E-state index contributed by atoms with van der Waals surface area (Å²) in [5.41, 5.74) is 0. The molecule has 1 rings (SSSR count). The Morgan fingerprint density at radius 2 is 2.07 bits per heavy atom. The molecule has 3 nitrogen and oxygen atoms in total. The number of nitrogens with zero attached hydrogens (tertiary/aromatic N) is 1. The van der Waals surface area contributed by atoms with Gasteiger partial charge >= 0.3 is 0 Å². The zero-order chi connectivity index (χ0) is 10.4. The van der Waals surface area contributed by atoms with Gasteiger partial charge in [-0.15, -0.1) is 0 Å². The van der Waals surface area contributed by atoms with Gasteiger partial charge in [0.05, 0.1) is 0 Å². The van der Waals surface area contributed by atoms with E-state index in [1.165, 1.54) is 0 Å². The van der Waals surface area contributed by atoms with Crippen LogP contribution in [0, 0.1) is 5.92 Å². The van der Waals surface area contributed by atoms with Crippen molar-refractivity contribution in [1.82, 2.24) is 10.2 Å². The van der Waals surface area contributed by atoms with Crippen LogP contribution in [0.4, 0.5) is 0 Å². The predicted octanol–water partition coefficient (Wildman–Crippen LogP) is 0.296. The van der Waals surface area contributed by atoms with Crippen molar-refractivity contribution in [1.29, 1.82) is 0 Å². The fraction of sp³-hybridized carbons (Fsp3) is 1.00. The van der Waals surface area contributed by atoms with Crippen molar-refractivity contribution in [3.63, 3.8) is 0 Å². The van der Waals surface area contributed by atoms with Crippen molar-refractivity contribution in [3.8, 4) is 0 Å². The Morgan fingerprint density at radius 1 is 1.43 bits per heavy atom. The highest BCUT2D eigenvalue weighted by Crippen LogP contribution is 2.04. The van der Waals surface area contributed by atoms with Gasteiger partial charge in [-0.3, -0.25) is 4.21 Å². The number of nitrogens with one attached hydrogen (secondary N) is 1. The molecule has 0 aromatic heterocycles. The molecule has 84 valence electrons. The lowest BCUT2D eigenvalue weighted by molar-refractivity contribution is 0.254. The van der Waals surface area contributed by atoms with E-state index in [0.29, 0.717) is 5.92 Å². The summed E-state index contributed by atoms with van der Waals surface area (Å²) in [5, 5.41) is 3.36. The minimum atomic E-state index is -0.538. The summed E-state index contributed by atoms with van der Waals surface area (Å²) >= 11 is 0. The normalized spacial score (nSPS) is 22.4. The largest absolute Gasteiger partial charge is 0.317 e. The first kappa shape index (κ1) is 12.1. The van der Waals surface area contributed by atoms with Crippen LogP contribution in [0.5, 0.6) is 0 Å². The van der Waals surface area contributed by atoms with Crippen molar-refractivity contribution >= 4 is 10.8 Å². The monoisotopic (exact) mass is 218 g/mol. The van der Waals surface area contributed by atoms with E-state index in [0.717, 1.165) is 44.2 Å². The first-order valence-electron chi connectivity index (χ1n) is 5.50. The second kappa shape index (κ2) is 6.53. The molecule has 1 aliphatic heterocycles. The van der Waals surface area contributed by atoms with Crippen LogP contribution in [0.2, 0.25) is 0 Å². The Balaban J connectivity index is 2.13. The quantitative estimate of drug-likeness (QED) is 0.720. The smallest absolute Gasteiger partial charge is 0.0363 e. The molecular weight excluding hydrogens is 196 g/mol. The molecule has 0 saturated carbocycles. The average molecular weight is 218 g/mol. The molecule has 0 aromatic rings. The molecule has 4 heteroatoms. The van der Waals surface area contributed by atoms with E-state index in [9.17, 15) is 4.21 Å². The van der Waals surface area contributed by atoms with E-state index in [2.05, 4.69) is 24.1 Å². The van der Waals surface area contributed by atoms with E-state index in [1.807, 2.05) is 0 Å². The Kier molecular flexibility index (Phi) is 5.67. The lowest BCUT2D eigenvalue weighted by atomic mass is 10.1. The third-order valence-corrected chi connectivity index (χ3v) is 3.86. The first-order valence-corrected chi connectivity index (χ1v) is 6.99. The van der Waals surface area contributed by atoms with Gasteiger partial charge in [0.2, 0.25) is 0 Å². The Bertz CT molecular complexity index is 177. The molecule has 1 saturated heterocycles. The fourth-order valence-corrected chi connectivity index (χ4v) is 2.88. The zero-order valence-corrected chi connectivity index (χ0v) is 10.1. The van der Waals surface area contributed by atoms with Gasteiger partial charge in [-0.25, -0.2) is 0 Å². The first-order chi connectivity index (χ1) is 6.72. The third kappa shape index (κ3) is 4.53. The second-order valence-electron chi connectivity index (χ2n) is 4.06. The topological polar surface area (TPSA) is 32.3 Å². The fourth-order valence-electron chi connectivity index (χ4n) is 1.75. The Labute approximate surface area is 89.7 Å². The molecule has 0 aliphatic carbocycles. The van der Waals surface area contributed by atoms with Gasteiger partial charge in [-0.1, -0.05) is 13.8 Å². The number of hydrogen-bond donors (Lipinski definition) is 1. The summed E-state index contributed by atoms with van der Waals surface area (Å²) in [4.78, 5) is 2.43. The van der Waals surface area contributed by atoms with E-state index < -0.39 is 10.8 Å². The molecule has 0 radical (unpaired) electrons. The summed E-state index contributed by atoms with van der Waals surface area (Å²) in [6, 6.07) is 0. The zero-order valence-electron chi connectivity index (χ0n) is 9.29. The summed E-state index contributed by atoms with van der Waals surface area (Å²) in [7, 11) is -0.538. The van der Waals surface area contributed by atoms with Gasteiger partial charge in [0.15, 0.2) is 0 Å². The molecule has 0 spiro atoms. The molecule has 1 heterocycles. The van der Waals surface area contributed by atoms with Crippen LogP contribution in [0.25, 0.3) is 0 Å². The molecule has 1 atom stereocenters. The third-order valence-electron chi connectivity index (χ3n) is 2.58. The molecule has 1 N–H and O–H groups in total. The maximum atomic E-state index is 11.1. The van der Waals surface area contributed by atoms with E-state index in [4.69, 9.17) is 0 Å². The highest BCUT2D eigenvalue weighted by Gasteiger charge is 2.16. The van der Waals surface area contributed by atoms with Crippen LogP contribution in [-0.2, 0) is 10.8 Å². The van der Waals surface area contributed by atoms with Crippen molar-refractivity contribution < 1.29 is 4.21 Å². The van der Waals surface area contributed by atoms with E-state index in [-0.39, 0.29) is 0 Å². The van der Waals surface area contributed by atoms with Crippen LogP contribution in [-0.4, -0.2) is 53.3 Å². The molecule has 1 unspecified atom stereocenters. The summed E-state index contributed by atoms with van der Waals surface area (Å²) in [6.07, 6.45) is 0. The van der Waals surface area contributed by atoms with E-state index in [1.54, 1.807) is 0 Å². The highest BCUT2D eigenvalue weighted by molar-refractivity contribution is 7.85. The molecular formula is C10H22N2OS. The molecule has 0 aromatic carbocycles. The number of rotatable bonds is 5. The molecule has 1 fully saturated rings. The predicted molar refractivity (Wildman–Crippen MR) is 62.0 cm³/mol. The van der Waals surface area contributed by atoms with Crippen LogP contribution >= 0.6 is 0 Å². The maximum absolute atomic E-state index is 11.1. The van der Waals surface area contributed by atoms with Crippen LogP contribution in [0.3, 0.4) is 0 Å². The van der Waals surface area contributed by atoms with Gasteiger partial charge in [0.25, 0.3) is 0 Å². The number of hydrogen-bond acceptors (Lipinski definition) is 3. The van der Waals surface area contributed by atoms with Crippen molar-refractivity contribution in [2.45, 2.75) is 13.8 Å². The minimum Gasteiger partial charge on any atom is -0.317 e. The lowest BCUT2D eigenvalue weighted by Gasteiger charge is -2.28. The summed E-state index contributed by atoms with van der Waals surface area (Å²) in [6.45, 7) is 9.73. The van der Waals surface area contributed by atoms with Gasteiger partial charge in [0.1, 0.15) is 0 Å². The Hall–Kier alpha value is 0.0700. The second-order valence-corrected chi connectivity index (χ2v) is 5.76. The maximum Gasteiger partial charge on any atom is 0.0363 e. The van der Waals surface area contributed by atoms with Gasteiger partial charge in [-0.2, -0.15) is 0 Å². The van der Waals surface area contributed by atoms with Crippen LogP contribution in [0.1, 0.15) is 13.8 Å². The van der Waals surface area contributed by atoms with Crippen molar-refractivity contribution in [2.75, 3.05) is 44.2 Å². The lowest BCUT2D eigenvalue weighted by Crippen LogP contribution is -2.41. The van der Waals surface area contributed by atoms with Crippen molar-refractivity contribution in [2.24, 2.45) is 5.92 Å². The van der Waals surface area contributed by atoms with Crippen LogP contribution < -0.4 is 5.32 Å². The van der Waals surface area contributed by atoms with Crippen molar-refractivity contribution in [3.05, 3.63) is 0 Å². The SMILES string of the molecule is CCNCC(C)CN1CCS(=O)CC1. The molecule has 0 bridgehead atoms. The molecule has 14 heavy (non-hydrogen) atoms.